The summed E-state index contributed by atoms with van der Waals surface area (Å²) in [5, 5.41) is 10.0. The summed E-state index contributed by atoms with van der Waals surface area (Å²) >= 11 is 0. The minimum absolute atomic E-state index is 0.910. The molecule has 9 aromatic carbocycles. The summed E-state index contributed by atoms with van der Waals surface area (Å²) in [6.07, 6.45) is 0. The molecule has 0 N–H and O–H groups in total. The van der Waals surface area contributed by atoms with Crippen LogP contribution in [-0.2, 0) is 0 Å². The number of para-hydroxylation sites is 1. The van der Waals surface area contributed by atoms with Crippen LogP contribution in [0.25, 0.3) is 93.2 Å². The van der Waals surface area contributed by atoms with Crippen molar-refractivity contribution >= 4 is 54.1 Å². The van der Waals surface area contributed by atoms with E-state index in [2.05, 4.69) is 168 Å². The Balaban J connectivity index is 1.04. The average Bonchev–Trinajstić information content (AvgIpc) is 3.51. The fourth-order valence-electron chi connectivity index (χ4n) is 8.25. The molecule has 0 atom stereocenters. The van der Waals surface area contributed by atoms with E-state index in [1.165, 1.54) is 81.9 Å². The highest BCUT2D eigenvalue weighted by molar-refractivity contribution is 6.23. The minimum Gasteiger partial charge on any atom is -0.456 e. The smallest absolute Gasteiger partial charge is 0.135 e. The van der Waals surface area contributed by atoms with E-state index in [4.69, 9.17) is 4.74 Å². The highest BCUT2D eigenvalue weighted by atomic mass is 16.5. The van der Waals surface area contributed by atoms with E-state index in [0.29, 0.717) is 0 Å². The maximum atomic E-state index is 6.37. The van der Waals surface area contributed by atoms with Crippen LogP contribution in [0.4, 0.5) is 0 Å². The lowest BCUT2D eigenvalue weighted by atomic mass is 9.90. The van der Waals surface area contributed by atoms with Crippen LogP contribution in [0.15, 0.2) is 176 Å². The lowest BCUT2D eigenvalue weighted by molar-refractivity contribution is 0.487. The molecule has 0 saturated carbocycles. The quantitative estimate of drug-likeness (QED) is 0.188. The first-order valence-electron chi connectivity index (χ1n) is 17.2. The van der Waals surface area contributed by atoms with Crippen molar-refractivity contribution in [3.63, 3.8) is 0 Å². The van der Waals surface area contributed by atoms with Gasteiger partial charge in [0, 0.05) is 27.4 Å². The Morgan fingerprint density at radius 1 is 0.340 bits per heavy atom. The van der Waals surface area contributed by atoms with Gasteiger partial charge in [-0.3, -0.25) is 0 Å². The van der Waals surface area contributed by atoms with E-state index < -0.39 is 0 Å². The van der Waals surface area contributed by atoms with Crippen LogP contribution in [0.3, 0.4) is 0 Å². The first-order valence-corrected chi connectivity index (χ1v) is 17.2. The zero-order valence-electron chi connectivity index (χ0n) is 27.1. The van der Waals surface area contributed by atoms with Gasteiger partial charge in [-0.15, -0.1) is 0 Å². The third kappa shape index (κ3) is 3.96. The SMILES string of the molecule is c1cc(-c2ccc(-n3c4cc5ccccc5cc4c4c5ccccc5ccc43)cc2)cc(-c2ccc3c4c(cccc24)-c2ccccc2O3)c1. The average molecular weight is 636 g/mol. The molecule has 2 heteroatoms. The Morgan fingerprint density at radius 3 is 1.96 bits per heavy atom. The Hall–Kier alpha value is -6.64. The topological polar surface area (TPSA) is 14.2 Å². The Labute approximate surface area is 289 Å². The van der Waals surface area contributed by atoms with E-state index in [1.807, 2.05) is 12.1 Å². The molecule has 0 fully saturated rings. The maximum absolute atomic E-state index is 6.37. The molecule has 0 spiro atoms. The van der Waals surface area contributed by atoms with Crippen LogP contribution in [0.5, 0.6) is 11.5 Å². The lowest BCUT2D eigenvalue weighted by Gasteiger charge is -2.22. The van der Waals surface area contributed by atoms with Crippen LogP contribution >= 0.6 is 0 Å². The third-order valence-electron chi connectivity index (χ3n) is 10.6. The van der Waals surface area contributed by atoms with Gasteiger partial charge in [-0.25, -0.2) is 0 Å². The second-order valence-electron chi connectivity index (χ2n) is 13.3. The van der Waals surface area contributed by atoms with Gasteiger partial charge in [0.25, 0.3) is 0 Å². The third-order valence-corrected chi connectivity index (χ3v) is 10.6. The van der Waals surface area contributed by atoms with Crippen molar-refractivity contribution in [2.24, 2.45) is 0 Å². The molecule has 0 aliphatic carbocycles. The van der Waals surface area contributed by atoms with Crippen molar-refractivity contribution in [3.05, 3.63) is 176 Å². The van der Waals surface area contributed by atoms with Gasteiger partial charge in [0.15, 0.2) is 0 Å². The van der Waals surface area contributed by atoms with Gasteiger partial charge in [0.2, 0.25) is 0 Å². The summed E-state index contributed by atoms with van der Waals surface area (Å²) in [4.78, 5) is 0. The van der Waals surface area contributed by atoms with Gasteiger partial charge in [-0.2, -0.15) is 0 Å². The van der Waals surface area contributed by atoms with Crippen LogP contribution in [0.1, 0.15) is 0 Å². The Morgan fingerprint density at radius 2 is 1.06 bits per heavy atom. The molecular formula is C48H29NO. The van der Waals surface area contributed by atoms with Crippen LogP contribution in [0.2, 0.25) is 0 Å². The van der Waals surface area contributed by atoms with E-state index in [9.17, 15) is 0 Å². The molecule has 2 nitrogen and oxygen atoms in total. The van der Waals surface area contributed by atoms with Crippen molar-refractivity contribution in [2.45, 2.75) is 0 Å². The number of benzene rings is 9. The largest absolute Gasteiger partial charge is 0.456 e. The van der Waals surface area contributed by atoms with Gasteiger partial charge < -0.3 is 9.30 Å². The lowest BCUT2D eigenvalue weighted by Crippen LogP contribution is -1.97. The molecule has 1 aromatic heterocycles. The number of hydrogen-bond acceptors (Lipinski definition) is 1. The van der Waals surface area contributed by atoms with Crippen LogP contribution < -0.4 is 4.74 Å². The van der Waals surface area contributed by atoms with E-state index in [1.54, 1.807) is 0 Å². The molecule has 11 rings (SSSR count). The van der Waals surface area contributed by atoms with Crippen LogP contribution in [-0.4, -0.2) is 4.57 Å². The van der Waals surface area contributed by atoms with Gasteiger partial charge >= 0.3 is 0 Å². The summed E-state index contributed by atoms with van der Waals surface area (Å²) in [6, 6.07) is 63.8. The summed E-state index contributed by atoms with van der Waals surface area (Å²) in [5.74, 6) is 1.82. The summed E-state index contributed by atoms with van der Waals surface area (Å²) < 4.78 is 8.80. The molecule has 0 amide bonds. The first-order chi connectivity index (χ1) is 24.8. The normalized spacial score (nSPS) is 12.2. The van der Waals surface area contributed by atoms with Crippen LogP contribution in [0, 0.1) is 0 Å². The number of aromatic nitrogens is 1. The zero-order chi connectivity index (χ0) is 32.8. The molecule has 50 heavy (non-hydrogen) atoms. The Bertz CT molecular complexity index is 3000. The van der Waals surface area contributed by atoms with Crippen molar-refractivity contribution in [1.82, 2.24) is 4.57 Å². The fourth-order valence-corrected chi connectivity index (χ4v) is 8.25. The summed E-state index contributed by atoms with van der Waals surface area (Å²) in [7, 11) is 0. The molecule has 1 aliphatic rings. The maximum Gasteiger partial charge on any atom is 0.135 e. The molecule has 10 aromatic rings. The standard InChI is InChI=1S/C48H29NO/c1-2-11-34-29-44-42(28-33(34)10-1)47-38-14-4-3-9-31(38)21-25-43(47)49(44)36-22-19-30(20-23-36)32-12-7-13-35(27-32)37-24-26-46-48-40(37)16-8-17-41(48)39-15-5-6-18-45(39)50-46/h1-29H. The zero-order valence-corrected chi connectivity index (χ0v) is 27.1. The predicted octanol–water partition coefficient (Wildman–Crippen LogP) is 13.3. The molecule has 232 valence electrons. The molecule has 0 unspecified atom stereocenters. The predicted molar refractivity (Wildman–Crippen MR) is 210 cm³/mol. The summed E-state index contributed by atoms with van der Waals surface area (Å²) in [5.41, 5.74) is 10.7. The number of ether oxygens (including phenoxy) is 1. The van der Waals surface area contributed by atoms with Crippen molar-refractivity contribution in [3.8, 4) is 50.6 Å². The second-order valence-corrected chi connectivity index (χ2v) is 13.3. The van der Waals surface area contributed by atoms with Gasteiger partial charge in [0.1, 0.15) is 11.5 Å². The molecule has 0 saturated heterocycles. The Kier molecular flexibility index (Phi) is 5.70. The number of rotatable bonds is 3. The second kappa shape index (κ2) is 10.4. The first kappa shape index (κ1) is 27.3. The minimum atomic E-state index is 0.910. The number of fused-ring (bicyclic) bond motifs is 8. The molecule has 0 bridgehead atoms. The van der Waals surface area contributed by atoms with Crippen molar-refractivity contribution in [2.75, 3.05) is 0 Å². The van der Waals surface area contributed by atoms with E-state index >= 15 is 0 Å². The highest BCUT2D eigenvalue weighted by Crippen LogP contribution is 2.48. The van der Waals surface area contributed by atoms with Crippen molar-refractivity contribution < 1.29 is 4.74 Å². The number of hydrogen-bond donors (Lipinski definition) is 0. The monoisotopic (exact) mass is 635 g/mol. The van der Waals surface area contributed by atoms with Gasteiger partial charge in [0.05, 0.1) is 11.0 Å². The fraction of sp³-hybridized carbons (Fsp3) is 0. The molecule has 1 aliphatic heterocycles. The molecule has 0 radical (unpaired) electrons. The number of nitrogens with zero attached hydrogens (tertiary/aromatic N) is 1. The van der Waals surface area contributed by atoms with Crippen molar-refractivity contribution in [1.29, 1.82) is 0 Å². The summed E-state index contributed by atoms with van der Waals surface area (Å²) in [6.45, 7) is 0. The van der Waals surface area contributed by atoms with Gasteiger partial charge in [-0.1, -0.05) is 127 Å². The highest BCUT2D eigenvalue weighted by Gasteiger charge is 2.21. The molecular weight excluding hydrogens is 607 g/mol. The van der Waals surface area contributed by atoms with E-state index in [-0.39, 0.29) is 0 Å². The van der Waals surface area contributed by atoms with Gasteiger partial charge in [-0.05, 0) is 103 Å². The van der Waals surface area contributed by atoms with E-state index in [0.717, 1.165) is 22.7 Å². The molecule has 2 heterocycles.